The monoisotopic (exact) mass is 280 g/mol. The third-order valence-electron chi connectivity index (χ3n) is 2.32. The Balaban J connectivity index is -0.000000257. The number of aliphatic hydroxyl groups excluding tert-OH is 2. The van der Waals surface area contributed by atoms with Crippen LogP contribution in [0.5, 0.6) is 0 Å². The van der Waals surface area contributed by atoms with Crippen molar-refractivity contribution in [3.8, 4) is 0 Å². The lowest BCUT2D eigenvalue weighted by Crippen LogP contribution is -2.30. The maximum atomic E-state index is 9.53. The zero-order valence-corrected chi connectivity index (χ0v) is 8.78. The average molecular weight is 280 g/mol. The van der Waals surface area contributed by atoms with E-state index in [1.54, 1.807) is 0 Å². The highest BCUT2D eigenvalue weighted by molar-refractivity contribution is 5.68. The maximum Gasteiger partial charge on any atom is 0.307 e. The third-order valence-corrected chi connectivity index (χ3v) is 2.32. The van der Waals surface area contributed by atoms with Gasteiger partial charge < -0.3 is 24.8 Å². The van der Waals surface area contributed by atoms with E-state index in [1.807, 2.05) is 0 Å². The molecule has 0 amide bonds. The predicted octanol–water partition coefficient (Wildman–Crippen LogP) is 1.06. The second kappa shape index (κ2) is 10.9. The van der Waals surface area contributed by atoms with E-state index in [9.17, 15) is 4.79 Å². The largest absolute Gasteiger partial charge is 0.481 e. The minimum Gasteiger partial charge on any atom is -0.481 e. The van der Waals surface area contributed by atoms with Crippen LogP contribution in [0.2, 0.25) is 0 Å². The molecule has 2 heterocycles. The number of ether oxygens (including phenoxy) is 2. The molecule has 19 heavy (non-hydrogen) atoms. The minimum absolute atomic E-state index is 0. The zero-order chi connectivity index (χ0) is 12.1. The van der Waals surface area contributed by atoms with Crippen molar-refractivity contribution in [2.75, 3.05) is 13.2 Å². The van der Waals surface area contributed by atoms with Crippen molar-refractivity contribution in [1.82, 2.24) is 0 Å². The summed E-state index contributed by atoms with van der Waals surface area (Å²) in [6.45, 7) is 3.79. The summed E-state index contributed by atoms with van der Waals surface area (Å²) >= 11 is 0. The summed E-state index contributed by atoms with van der Waals surface area (Å²) in [4.78, 5) is 9.53. The van der Waals surface area contributed by atoms with Gasteiger partial charge >= 0.3 is 5.97 Å². The first-order valence-corrected chi connectivity index (χ1v) is 4.98. The Kier molecular flexibility index (Phi) is 13.3. The topological polar surface area (TPSA) is 96.2 Å². The standard InChI is InChI=1S/C6H10O4.C4H6O2.3CH4/c7-3-1-9-6-4(8)2-10-5(3)6;1-2-3-4(5)6;;;/h3-8H,1-2H2;2H,1,3H2,(H,5,6);3*1H4/t3-,4+,5?,6?;;;;. The number of carboxylic acid groups (broad SMARTS) is 1. The van der Waals surface area contributed by atoms with Gasteiger partial charge in [0.2, 0.25) is 0 Å². The summed E-state index contributed by atoms with van der Waals surface area (Å²) in [6, 6.07) is 0. The Labute approximate surface area is 115 Å². The highest BCUT2D eigenvalue weighted by atomic mass is 16.6. The number of aliphatic carboxylic acids is 1. The molecule has 0 radical (unpaired) electrons. The molecular weight excluding hydrogens is 252 g/mol. The number of carbonyl (C=O) groups is 1. The van der Waals surface area contributed by atoms with Gasteiger partial charge in [-0.25, -0.2) is 0 Å². The van der Waals surface area contributed by atoms with Crippen molar-refractivity contribution in [3.05, 3.63) is 12.7 Å². The molecule has 0 aromatic rings. The summed E-state index contributed by atoms with van der Waals surface area (Å²) in [5.74, 6) is -0.829. The molecule has 2 aliphatic heterocycles. The lowest BCUT2D eigenvalue weighted by Gasteiger charge is -2.09. The van der Waals surface area contributed by atoms with Crippen molar-refractivity contribution in [1.29, 1.82) is 0 Å². The van der Waals surface area contributed by atoms with Crippen LogP contribution in [0.25, 0.3) is 0 Å². The van der Waals surface area contributed by atoms with Crippen molar-refractivity contribution >= 4 is 5.97 Å². The molecule has 6 nitrogen and oxygen atoms in total. The van der Waals surface area contributed by atoms with Crippen LogP contribution < -0.4 is 0 Å². The molecule has 2 unspecified atom stereocenters. The summed E-state index contributed by atoms with van der Waals surface area (Å²) in [5, 5.41) is 26.2. The van der Waals surface area contributed by atoms with Crippen molar-refractivity contribution in [3.63, 3.8) is 0 Å². The van der Waals surface area contributed by atoms with Gasteiger partial charge in [-0.3, -0.25) is 4.79 Å². The number of carboxylic acids is 1. The van der Waals surface area contributed by atoms with Gasteiger partial charge in [-0.05, 0) is 0 Å². The number of hydrogen-bond acceptors (Lipinski definition) is 5. The fraction of sp³-hybridized carbons (Fsp3) is 0.769. The summed E-state index contributed by atoms with van der Waals surface area (Å²) < 4.78 is 10.2. The lowest BCUT2D eigenvalue weighted by molar-refractivity contribution is -0.135. The number of fused-ring (bicyclic) bond motifs is 1. The van der Waals surface area contributed by atoms with Gasteiger partial charge in [-0.1, -0.05) is 28.4 Å². The first-order valence-electron chi connectivity index (χ1n) is 4.98. The molecular formula is C13H28O6. The van der Waals surface area contributed by atoms with Crippen LogP contribution in [-0.4, -0.2) is 58.9 Å². The highest BCUT2D eigenvalue weighted by Crippen LogP contribution is 2.26. The van der Waals surface area contributed by atoms with E-state index >= 15 is 0 Å². The van der Waals surface area contributed by atoms with Gasteiger partial charge in [0.15, 0.2) is 0 Å². The highest BCUT2D eigenvalue weighted by Gasteiger charge is 2.46. The van der Waals surface area contributed by atoms with Crippen molar-refractivity contribution < 1.29 is 29.6 Å². The molecule has 0 aromatic heterocycles. The smallest absolute Gasteiger partial charge is 0.307 e. The number of rotatable bonds is 2. The normalized spacial score (nSPS) is 30.4. The SMILES string of the molecule is C.C.C.C=CCC(=O)O.O[C@@H]1COC2C1OC[C@@H]2O. The number of hydrogen-bond donors (Lipinski definition) is 3. The van der Waals surface area contributed by atoms with E-state index in [2.05, 4.69) is 6.58 Å². The molecule has 6 heteroatoms. The first-order chi connectivity index (χ1) is 7.56. The third kappa shape index (κ3) is 6.68. The molecule has 2 aliphatic rings. The Morgan fingerprint density at radius 1 is 1.11 bits per heavy atom. The summed E-state index contributed by atoms with van der Waals surface area (Å²) in [7, 11) is 0. The molecule has 116 valence electrons. The fourth-order valence-corrected chi connectivity index (χ4v) is 1.58. The second-order valence-electron chi connectivity index (χ2n) is 3.62. The van der Waals surface area contributed by atoms with Gasteiger partial charge in [0.05, 0.1) is 19.6 Å². The van der Waals surface area contributed by atoms with Crippen LogP contribution in [-0.2, 0) is 14.3 Å². The van der Waals surface area contributed by atoms with Gasteiger partial charge in [-0.15, -0.1) is 6.58 Å². The van der Waals surface area contributed by atoms with Crippen LogP contribution in [0.3, 0.4) is 0 Å². The van der Waals surface area contributed by atoms with Crippen LogP contribution in [0, 0.1) is 0 Å². The Morgan fingerprint density at radius 2 is 1.47 bits per heavy atom. The number of aliphatic hydroxyl groups is 2. The van der Waals surface area contributed by atoms with E-state index in [0.29, 0.717) is 0 Å². The van der Waals surface area contributed by atoms with E-state index < -0.39 is 18.2 Å². The predicted molar refractivity (Wildman–Crippen MR) is 74.1 cm³/mol. The van der Waals surface area contributed by atoms with Crippen LogP contribution in [0.15, 0.2) is 12.7 Å². The van der Waals surface area contributed by atoms with E-state index in [0.717, 1.165) is 0 Å². The van der Waals surface area contributed by atoms with Crippen molar-refractivity contribution in [2.24, 2.45) is 0 Å². The lowest BCUT2D eigenvalue weighted by atomic mass is 10.1. The van der Waals surface area contributed by atoms with Crippen LogP contribution in [0.4, 0.5) is 0 Å². The van der Waals surface area contributed by atoms with Crippen LogP contribution in [0.1, 0.15) is 28.7 Å². The van der Waals surface area contributed by atoms with Crippen molar-refractivity contribution in [2.45, 2.75) is 53.1 Å². The fourth-order valence-electron chi connectivity index (χ4n) is 1.58. The Hall–Kier alpha value is -0.950. The molecule has 0 aromatic carbocycles. The molecule has 2 saturated heterocycles. The maximum absolute atomic E-state index is 9.53. The first kappa shape index (κ1) is 23.2. The Morgan fingerprint density at radius 3 is 1.68 bits per heavy atom. The molecule has 0 bridgehead atoms. The molecule has 0 saturated carbocycles. The van der Waals surface area contributed by atoms with Gasteiger partial charge in [0, 0.05) is 0 Å². The van der Waals surface area contributed by atoms with Gasteiger partial charge in [0.25, 0.3) is 0 Å². The zero-order valence-electron chi connectivity index (χ0n) is 8.78. The van der Waals surface area contributed by atoms with E-state index in [-0.39, 0.29) is 54.1 Å². The van der Waals surface area contributed by atoms with Crippen LogP contribution >= 0.6 is 0 Å². The molecule has 2 rings (SSSR count). The van der Waals surface area contributed by atoms with E-state index in [1.165, 1.54) is 6.08 Å². The van der Waals surface area contributed by atoms with E-state index in [4.69, 9.17) is 24.8 Å². The summed E-state index contributed by atoms with van der Waals surface area (Å²) in [5.41, 5.74) is 0. The second-order valence-corrected chi connectivity index (χ2v) is 3.62. The Bertz CT molecular complexity index is 240. The molecule has 3 N–H and O–H groups in total. The average Bonchev–Trinajstić information content (AvgIpc) is 2.73. The minimum atomic E-state index is -0.829. The van der Waals surface area contributed by atoms with Gasteiger partial charge in [0.1, 0.15) is 24.4 Å². The van der Waals surface area contributed by atoms with Gasteiger partial charge in [-0.2, -0.15) is 0 Å². The molecule has 2 fully saturated rings. The molecule has 0 aliphatic carbocycles. The summed E-state index contributed by atoms with van der Waals surface area (Å²) in [6.07, 6.45) is -0.295. The molecule has 0 spiro atoms. The molecule has 4 atom stereocenters. The quantitative estimate of drug-likeness (QED) is 0.655.